The van der Waals surface area contributed by atoms with Crippen molar-refractivity contribution in [3.63, 3.8) is 0 Å². The fourth-order valence-corrected chi connectivity index (χ4v) is 0. The first kappa shape index (κ1) is 10.2. The maximum absolute atomic E-state index is 9.60. The Hall–Kier alpha value is 0.132. The summed E-state index contributed by atoms with van der Waals surface area (Å²) < 4.78 is 0. The van der Waals surface area contributed by atoms with Gasteiger partial charge in [-0.15, -0.1) is 0 Å². The van der Waals surface area contributed by atoms with E-state index in [2.05, 4.69) is 6.58 Å². The van der Waals surface area contributed by atoms with Gasteiger partial charge in [-0.3, -0.25) is 0 Å². The molecule has 0 aliphatic carbocycles. The van der Waals surface area contributed by atoms with E-state index in [0.717, 1.165) is 0 Å². The molecule has 0 amide bonds. The summed E-state index contributed by atoms with van der Waals surface area (Å²) in [6.45, 7) is 4.60. The smallest absolute Gasteiger partial charge is 0.330 e. The van der Waals surface area contributed by atoms with Crippen molar-refractivity contribution in [3.05, 3.63) is 12.2 Å². The second-order valence-electron chi connectivity index (χ2n) is 1.09. The predicted molar refractivity (Wildman–Crippen MR) is 22.4 cm³/mol. The summed E-state index contributed by atoms with van der Waals surface area (Å²) in [7, 11) is 0. The second-order valence-corrected chi connectivity index (χ2v) is 1.09. The van der Waals surface area contributed by atoms with Crippen LogP contribution >= 0.6 is 0 Å². The van der Waals surface area contributed by atoms with E-state index in [-0.39, 0.29) is 32.9 Å². The minimum absolute atomic E-state index is 0. The number of rotatable bonds is 1. The Bertz CT molecular complexity index is 75.7. The van der Waals surface area contributed by atoms with E-state index in [4.69, 9.17) is 5.11 Å². The average Bonchev–Trinajstić information content (AvgIpc) is 1.36. The van der Waals surface area contributed by atoms with Crippen LogP contribution in [0.3, 0.4) is 0 Å². The molecule has 0 atom stereocenters. The molecule has 0 bridgehead atoms. The molecular weight excluding hydrogens is 192 g/mol. The third kappa shape index (κ3) is 6.13. The zero-order valence-electron chi connectivity index (χ0n) is 4.27. The van der Waals surface area contributed by atoms with Gasteiger partial charge in [-0.25, -0.2) is 4.79 Å². The Morgan fingerprint density at radius 1 is 1.71 bits per heavy atom. The normalized spacial score (nSPS) is 6.43. The molecule has 0 spiro atoms. The van der Waals surface area contributed by atoms with Crippen molar-refractivity contribution >= 4 is 5.97 Å². The quantitative estimate of drug-likeness (QED) is 0.496. The van der Waals surface area contributed by atoms with Gasteiger partial charge in [-0.1, -0.05) is 6.58 Å². The van der Waals surface area contributed by atoms with Crippen LogP contribution in [-0.4, -0.2) is 11.1 Å². The molecule has 0 heterocycles. The van der Waals surface area contributed by atoms with E-state index in [9.17, 15) is 4.79 Å². The van der Waals surface area contributed by atoms with Gasteiger partial charge in [0, 0.05) is 32.9 Å². The van der Waals surface area contributed by atoms with Crippen molar-refractivity contribution in [3.8, 4) is 0 Å². The monoisotopic (exact) mass is 200 g/mol. The fraction of sp³-hybridized carbons (Fsp3) is 0.250. The third-order valence-corrected chi connectivity index (χ3v) is 0.365. The minimum Gasteiger partial charge on any atom is -0.478 e. The Morgan fingerprint density at radius 3 is 1.86 bits per heavy atom. The number of aliphatic carboxylic acids is 1. The summed E-state index contributed by atoms with van der Waals surface area (Å²) in [5.74, 6) is -0.935. The zero-order chi connectivity index (χ0) is 5.15. The van der Waals surface area contributed by atoms with Gasteiger partial charge in [0.25, 0.3) is 0 Å². The standard InChI is InChI=1S/C4H6O2.Cd/c1-3(2)4(5)6;/h1H2,2H3,(H,5,6);. The number of hydrogen-bond acceptors (Lipinski definition) is 1. The SMILES string of the molecule is C=C(C)C(=O)O.[Cd]. The van der Waals surface area contributed by atoms with Crippen molar-refractivity contribution in [2.75, 3.05) is 0 Å². The van der Waals surface area contributed by atoms with Crippen LogP contribution < -0.4 is 0 Å². The largest absolute Gasteiger partial charge is 0.478 e. The van der Waals surface area contributed by atoms with Crippen LogP contribution in [0.2, 0.25) is 0 Å². The summed E-state index contributed by atoms with van der Waals surface area (Å²) in [4.78, 5) is 9.60. The molecule has 0 fully saturated rings. The van der Waals surface area contributed by atoms with E-state index < -0.39 is 5.97 Å². The molecule has 0 aromatic heterocycles. The maximum Gasteiger partial charge on any atom is 0.330 e. The molecular formula is C4H6CdO2. The number of carbonyl (C=O) groups is 1. The molecule has 1 N–H and O–H groups in total. The number of hydrogen-bond donors (Lipinski definition) is 1. The summed E-state index contributed by atoms with van der Waals surface area (Å²) >= 11 is 0. The van der Waals surface area contributed by atoms with Gasteiger partial charge < -0.3 is 5.11 Å². The molecule has 36 valence electrons. The molecule has 3 heteroatoms. The topological polar surface area (TPSA) is 37.3 Å². The molecule has 0 rings (SSSR count). The molecule has 2 nitrogen and oxygen atoms in total. The summed E-state index contributed by atoms with van der Waals surface area (Å²) in [5.41, 5.74) is 0.176. The van der Waals surface area contributed by atoms with Crippen LogP contribution in [0.5, 0.6) is 0 Å². The molecule has 0 aromatic rings. The Morgan fingerprint density at radius 2 is 1.86 bits per heavy atom. The van der Waals surface area contributed by atoms with Gasteiger partial charge in [0.1, 0.15) is 0 Å². The van der Waals surface area contributed by atoms with Crippen molar-refractivity contribution in [1.82, 2.24) is 0 Å². The van der Waals surface area contributed by atoms with Crippen molar-refractivity contribution in [1.29, 1.82) is 0 Å². The first-order chi connectivity index (χ1) is 2.64. The summed E-state index contributed by atoms with van der Waals surface area (Å²) in [5, 5.41) is 7.89. The van der Waals surface area contributed by atoms with E-state index in [0.29, 0.717) is 0 Å². The van der Waals surface area contributed by atoms with Crippen LogP contribution in [0.15, 0.2) is 12.2 Å². The maximum atomic E-state index is 9.60. The van der Waals surface area contributed by atoms with E-state index in [1.54, 1.807) is 0 Å². The van der Waals surface area contributed by atoms with Crippen molar-refractivity contribution in [2.45, 2.75) is 6.92 Å². The minimum atomic E-state index is -0.935. The molecule has 0 saturated heterocycles. The Kier molecular flexibility index (Phi) is 6.25. The van der Waals surface area contributed by atoms with Crippen LogP contribution in [0.25, 0.3) is 0 Å². The van der Waals surface area contributed by atoms with Crippen LogP contribution in [0.4, 0.5) is 0 Å². The Balaban J connectivity index is 0. The first-order valence-electron chi connectivity index (χ1n) is 1.53. The second kappa shape index (κ2) is 4.30. The van der Waals surface area contributed by atoms with Gasteiger partial charge in [0.05, 0.1) is 0 Å². The van der Waals surface area contributed by atoms with Gasteiger partial charge in [-0.05, 0) is 6.92 Å². The first-order valence-corrected chi connectivity index (χ1v) is 1.53. The van der Waals surface area contributed by atoms with E-state index >= 15 is 0 Å². The molecule has 0 aromatic carbocycles. The van der Waals surface area contributed by atoms with Gasteiger partial charge in [-0.2, -0.15) is 0 Å². The predicted octanol–water partition coefficient (Wildman–Crippen LogP) is 0.645. The van der Waals surface area contributed by atoms with E-state index in [1.165, 1.54) is 6.92 Å². The number of carboxylic acid groups (broad SMARTS) is 1. The van der Waals surface area contributed by atoms with Crippen LogP contribution in [0.1, 0.15) is 6.92 Å². The fourth-order valence-electron chi connectivity index (χ4n) is 0. The molecule has 0 saturated carbocycles. The van der Waals surface area contributed by atoms with Crippen molar-refractivity contribution in [2.24, 2.45) is 0 Å². The molecule has 0 aliphatic heterocycles. The Labute approximate surface area is 62.4 Å². The van der Waals surface area contributed by atoms with E-state index in [1.807, 2.05) is 0 Å². The molecule has 7 heavy (non-hydrogen) atoms. The molecule has 0 unspecified atom stereocenters. The van der Waals surface area contributed by atoms with Gasteiger partial charge >= 0.3 is 5.97 Å². The van der Waals surface area contributed by atoms with Crippen LogP contribution in [0, 0.1) is 0 Å². The van der Waals surface area contributed by atoms with Gasteiger partial charge in [0.15, 0.2) is 0 Å². The average molecular weight is 199 g/mol. The third-order valence-electron chi connectivity index (χ3n) is 0.365. The molecule has 0 radical (unpaired) electrons. The van der Waals surface area contributed by atoms with Crippen LogP contribution in [-0.2, 0) is 32.1 Å². The zero-order valence-corrected chi connectivity index (χ0v) is 8.31. The van der Waals surface area contributed by atoms with Crippen molar-refractivity contribution < 1.29 is 37.2 Å². The summed E-state index contributed by atoms with van der Waals surface area (Å²) in [6, 6.07) is 0. The molecule has 0 aliphatic rings. The summed E-state index contributed by atoms with van der Waals surface area (Å²) in [6.07, 6.45) is 0. The van der Waals surface area contributed by atoms with Gasteiger partial charge in [0.2, 0.25) is 0 Å². The number of carboxylic acids is 1.